The molecule has 1 atom stereocenters. The van der Waals surface area contributed by atoms with Crippen molar-refractivity contribution in [2.75, 3.05) is 6.61 Å². The number of fused-ring (bicyclic) bond motifs is 1. The van der Waals surface area contributed by atoms with E-state index in [-0.39, 0.29) is 5.78 Å². The van der Waals surface area contributed by atoms with Crippen molar-refractivity contribution in [3.8, 4) is 5.75 Å². The molecular weight excluding hydrogens is 330 g/mol. The molecule has 0 saturated heterocycles. The molecule has 2 amide bonds. The van der Waals surface area contributed by atoms with Gasteiger partial charge in [-0.25, -0.2) is 0 Å². The number of nitrogens with zero attached hydrogens (tertiary/aromatic N) is 1. The van der Waals surface area contributed by atoms with E-state index in [0.29, 0.717) is 29.0 Å². The summed E-state index contributed by atoms with van der Waals surface area (Å²) in [6, 6.07) is 12.7. The molecule has 2 aromatic rings. The van der Waals surface area contributed by atoms with Crippen LogP contribution in [0, 0.1) is 0 Å². The zero-order valence-corrected chi connectivity index (χ0v) is 14.9. The topological polar surface area (TPSA) is 63.7 Å². The lowest BCUT2D eigenvalue weighted by Crippen LogP contribution is -2.43. The van der Waals surface area contributed by atoms with Gasteiger partial charge in [-0.15, -0.1) is 0 Å². The Morgan fingerprint density at radius 2 is 1.58 bits per heavy atom. The Hall–Kier alpha value is -2.95. The van der Waals surface area contributed by atoms with Gasteiger partial charge in [0, 0.05) is 0 Å². The fourth-order valence-electron chi connectivity index (χ4n) is 3.02. The molecule has 134 valence electrons. The fraction of sp³-hybridized carbons (Fsp3) is 0.286. The number of carbonyl (C=O) groups is 3. The summed E-state index contributed by atoms with van der Waals surface area (Å²) in [4.78, 5) is 39.2. The van der Waals surface area contributed by atoms with Crippen LogP contribution in [0.3, 0.4) is 0 Å². The lowest BCUT2D eigenvalue weighted by atomic mass is 10.0. The number of imide groups is 1. The predicted molar refractivity (Wildman–Crippen MR) is 97.6 cm³/mol. The van der Waals surface area contributed by atoms with E-state index < -0.39 is 17.9 Å². The largest absolute Gasteiger partial charge is 0.493 e. The number of unbranched alkanes of at least 4 members (excludes halogenated alkanes) is 1. The maximum atomic E-state index is 13.0. The third kappa shape index (κ3) is 3.12. The summed E-state index contributed by atoms with van der Waals surface area (Å²) in [5.74, 6) is -0.701. The number of carbonyl (C=O) groups excluding carboxylic acids is 3. The van der Waals surface area contributed by atoms with E-state index in [0.717, 1.165) is 17.7 Å². The fourth-order valence-corrected chi connectivity index (χ4v) is 3.02. The number of hydrogen-bond acceptors (Lipinski definition) is 4. The second-order valence-electron chi connectivity index (χ2n) is 6.26. The van der Waals surface area contributed by atoms with Crippen LogP contribution in [0.5, 0.6) is 5.75 Å². The van der Waals surface area contributed by atoms with Crippen LogP contribution >= 0.6 is 0 Å². The first-order chi connectivity index (χ1) is 12.6. The predicted octanol–water partition coefficient (Wildman–Crippen LogP) is 3.73. The zero-order chi connectivity index (χ0) is 18.7. The van der Waals surface area contributed by atoms with E-state index >= 15 is 0 Å². The molecule has 2 aromatic carbocycles. The van der Waals surface area contributed by atoms with Gasteiger partial charge in [0.2, 0.25) is 0 Å². The van der Waals surface area contributed by atoms with Gasteiger partial charge in [0.05, 0.1) is 23.3 Å². The first-order valence-corrected chi connectivity index (χ1v) is 8.79. The van der Waals surface area contributed by atoms with Crippen LogP contribution in [0.4, 0.5) is 0 Å². The summed E-state index contributed by atoms with van der Waals surface area (Å²) in [7, 11) is 0. The van der Waals surface area contributed by atoms with Crippen molar-refractivity contribution in [2.24, 2.45) is 0 Å². The monoisotopic (exact) mass is 351 g/mol. The lowest BCUT2D eigenvalue weighted by molar-refractivity contribution is 0.0554. The smallest absolute Gasteiger partial charge is 0.262 e. The molecule has 0 fully saturated rings. The Morgan fingerprint density at radius 1 is 1.00 bits per heavy atom. The summed E-state index contributed by atoms with van der Waals surface area (Å²) in [5.41, 5.74) is 1.06. The number of hydrogen-bond donors (Lipinski definition) is 0. The molecule has 5 nitrogen and oxygen atoms in total. The molecule has 0 radical (unpaired) electrons. The van der Waals surface area contributed by atoms with Gasteiger partial charge in [0.15, 0.2) is 5.78 Å². The van der Waals surface area contributed by atoms with Crippen molar-refractivity contribution in [2.45, 2.75) is 32.7 Å². The lowest BCUT2D eigenvalue weighted by Gasteiger charge is -2.22. The van der Waals surface area contributed by atoms with Gasteiger partial charge in [0.25, 0.3) is 11.8 Å². The molecule has 1 aliphatic rings. The number of ketones is 1. The third-order valence-electron chi connectivity index (χ3n) is 4.50. The van der Waals surface area contributed by atoms with Crippen LogP contribution in [0.15, 0.2) is 48.5 Å². The molecule has 0 aliphatic carbocycles. The minimum atomic E-state index is -0.904. The van der Waals surface area contributed by atoms with Crippen molar-refractivity contribution in [3.63, 3.8) is 0 Å². The van der Waals surface area contributed by atoms with Crippen molar-refractivity contribution < 1.29 is 19.1 Å². The number of ether oxygens (including phenoxy) is 1. The number of Topliss-reactive ketones (excluding diaryl/α,β-unsaturated/α-hetero) is 1. The molecule has 0 unspecified atom stereocenters. The SMILES string of the molecule is CCCCOc1ccccc1C(=O)[C@H](C)N1C(=O)c2ccccc2C1=O. The second-order valence-corrected chi connectivity index (χ2v) is 6.26. The highest BCUT2D eigenvalue weighted by atomic mass is 16.5. The Labute approximate surface area is 152 Å². The van der Waals surface area contributed by atoms with Crippen molar-refractivity contribution in [1.29, 1.82) is 0 Å². The van der Waals surface area contributed by atoms with E-state index in [1.54, 1.807) is 55.5 Å². The van der Waals surface area contributed by atoms with E-state index in [1.165, 1.54) is 0 Å². The molecule has 0 bridgehead atoms. The van der Waals surface area contributed by atoms with Crippen LogP contribution in [-0.4, -0.2) is 35.1 Å². The first-order valence-electron chi connectivity index (χ1n) is 8.79. The van der Waals surface area contributed by atoms with Crippen LogP contribution in [0.1, 0.15) is 57.8 Å². The van der Waals surface area contributed by atoms with Gasteiger partial charge in [-0.3, -0.25) is 19.3 Å². The van der Waals surface area contributed by atoms with Crippen LogP contribution in [0.25, 0.3) is 0 Å². The maximum absolute atomic E-state index is 13.0. The van der Waals surface area contributed by atoms with Gasteiger partial charge in [-0.05, 0) is 37.6 Å². The zero-order valence-electron chi connectivity index (χ0n) is 14.9. The van der Waals surface area contributed by atoms with Gasteiger partial charge in [-0.2, -0.15) is 0 Å². The highest BCUT2D eigenvalue weighted by Gasteiger charge is 2.41. The van der Waals surface area contributed by atoms with Crippen molar-refractivity contribution in [1.82, 2.24) is 4.90 Å². The highest BCUT2D eigenvalue weighted by Crippen LogP contribution is 2.27. The number of para-hydroxylation sites is 1. The van der Waals surface area contributed by atoms with Crippen LogP contribution < -0.4 is 4.74 Å². The van der Waals surface area contributed by atoms with Gasteiger partial charge < -0.3 is 4.74 Å². The molecule has 0 aromatic heterocycles. The minimum Gasteiger partial charge on any atom is -0.493 e. The second kappa shape index (κ2) is 7.52. The summed E-state index contributed by atoms with van der Waals surface area (Å²) in [5, 5.41) is 0. The average Bonchev–Trinajstić information content (AvgIpc) is 2.92. The van der Waals surface area contributed by atoms with E-state index in [9.17, 15) is 14.4 Å². The Balaban J connectivity index is 1.85. The van der Waals surface area contributed by atoms with Crippen molar-refractivity contribution >= 4 is 17.6 Å². The Kier molecular flexibility index (Phi) is 5.16. The van der Waals surface area contributed by atoms with E-state index in [1.807, 2.05) is 0 Å². The van der Waals surface area contributed by atoms with Gasteiger partial charge >= 0.3 is 0 Å². The van der Waals surface area contributed by atoms with E-state index in [4.69, 9.17) is 4.74 Å². The average molecular weight is 351 g/mol. The quantitative estimate of drug-likeness (QED) is 0.433. The Morgan fingerprint density at radius 3 is 2.19 bits per heavy atom. The van der Waals surface area contributed by atoms with Crippen molar-refractivity contribution in [3.05, 3.63) is 65.2 Å². The van der Waals surface area contributed by atoms with Gasteiger partial charge in [0.1, 0.15) is 11.8 Å². The molecule has 0 N–H and O–H groups in total. The molecule has 0 saturated carbocycles. The molecule has 1 heterocycles. The summed E-state index contributed by atoms with van der Waals surface area (Å²) in [6.45, 7) is 4.15. The third-order valence-corrected chi connectivity index (χ3v) is 4.50. The summed E-state index contributed by atoms with van der Waals surface area (Å²) < 4.78 is 5.72. The molecule has 26 heavy (non-hydrogen) atoms. The molecular formula is C21H21NO4. The van der Waals surface area contributed by atoms with Gasteiger partial charge in [-0.1, -0.05) is 37.6 Å². The maximum Gasteiger partial charge on any atom is 0.262 e. The molecule has 5 heteroatoms. The molecule has 3 rings (SSSR count). The van der Waals surface area contributed by atoms with Crippen LogP contribution in [0.2, 0.25) is 0 Å². The normalized spacial score (nSPS) is 14.3. The summed E-state index contributed by atoms with van der Waals surface area (Å²) in [6.07, 6.45) is 1.87. The number of benzene rings is 2. The summed E-state index contributed by atoms with van der Waals surface area (Å²) >= 11 is 0. The first kappa shape index (κ1) is 17.9. The minimum absolute atomic E-state index is 0.313. The number of amides is 2. The highest BCUT2D eigenvalue weighted by molar-refractivity contribution is 6.23. The Bertz CT molecular complexity index is 824. The number of rotatable bonds is 7. The molecule has 0 spiro atoms. The van der Waals surface area contributed by atoms with Crippen LogP contribution in [-0.2, 0) is 0 Å². The standard InChI is InChI=1S/C21H21NO4/c1-3-4-13-26-18-12-8-7-11-17(18)19(23)14(2)22-20(24)15-9-5-6-10-16(15)21(22)25/h5-12,14H,3-4,13H2,1-2H3/t14-/m0/s1. The van der Waals surface area contributed by atoms with E-state index in [2.05, 4.69) is 6.92 Å². The molecule has 1 aliphatic heterocycles.